The summed E-state index contributed by atoms with van der Waals surface area (Å²) >= 11 is 0. The highest BCUT2D eigenvalue weighted by molar-refractivity contribution is 5.80. The van der Waals surface area contributed by atoms with Crippen molar-refractivity contribution in [2.75, 3.05) is 18.8 Å². The van der Waals surface area contributed by atoms with Gasteiger partial charge in [0, 0.05) is 30.8 Å². The van der Waals surface area contributed by atoms with Gasteiger partial charge in [-0.1, -0.05) is 0 Å². The topological polar surface area (TPSA) is 85.0 Å². The molecule has 2 aromatic heterocycles. The Morgan fingerprint density at radius 3 is 2.90 bits per heavy atom. The number of carbonyl (C=O) groups is 1. The van der Waals surface area contributed by atoms with Crippen LogP contribution in [0, 0.1) is 12.7 Å². The number of rotatable bonds is 4. The van der Waals surface area contributed by atoms with Gasteiger partial charge in [0.25, 0.3) is 0 Å². The second kappa shape index (κ2) is 7.95. The van der Waals surface area contributed by atoms with E-state index in [9.17, 15) is 9.18 Å². The van der Waals surface area contributed by atoms with E-state index in [2.05, 4.69) is 15.2 Å². The fraction of sp³-hybridized carbons (Fsp3) is 0.273. The molecule has 1 aromatic carbocycles. The molecular formula is C22H22FN5O. The Bertz CT molecular complexity index is 1040. The summed E-state index contributed by atoms with van der Waals surface area (Å²) in [5.74, 6) is -0.0986. The van der Waals surface area contributed by atoms with Gasteiger partial charge in [0.1, 0.15) is 5.82 Å². The predicted octanol–water partition coefficient (Wildman–Crippen LogP) is 3.13. The minimum atomic E-state index is -0.288. The SMILES string of the molecule is Cc1cc(F)ccc1-c1ccc(N)c(CC(=O)N2CCC(c3cccnn3)C2)n1. The lowest BCUT2D eigenvalue weighted by molar-refractivity contribution is -0.129. The zero-order valence-electron chi connectivity index (χ0n) is 16.2. The molecule has 1 atom stereocenters. The standard InChI is InChI=1S/C22H22FN5O/c1-14-11-16(23)4-5-17(14)20-7-6-18(24)21(26-20)12-22(29)28-10-8-15(13-28)19-3-2-9-25-27-19/h2-7,9,11,15H,8,10,12-13,24H2,1H3. The van der Waals surface area contributed by atoms with Crippen LogP contribution < -0.4 is 5.73 Å². The normalized spacial score (nSPS) is 16.2. The van der Waals surface area contributed by atoms with Crippen LogP contribution in [-0.4, -0.2) is 39.1 Å². The highest BCUT2D eigenvalue weighted by atomic mass is 19.1. The summed E-state index contributed by atoms with van der Waals surface area (Å²) in [5, 5.41) is 8.09. The molecule has 2 N–H and O–H groups in total. The van der Waals surface area contributed by atoms with Crippen LogP contribution in [0.3, 0.4) is 0 Å². The Labute approximate surface area is 168 Å². The van der Waals surface area contributed by atoms with Gasteiger partial charge in [-0.3, -0.25) is 9.78 Å². The van der Waals surface area contributed by atoms with Crippen molar-refractivity contribution in [1.82, 2.24) is 20.1 Å². The number of nitrogen functional groups attached to an aromatic ring is 1. The quantitative estimate of drug-likeness (QED) is 0.739. The number of aryl methyl sites for hydroxylation is 1. The molecule has 0 aliphatic carbocycles. The van der Waals surface area contributed by atoms with Crippen LogP contribution in [0.15, 0.2) is 48.7 Å². The van der Waals surface area contributed by atoms with Gasteiger partial charge in [-0.25, -0.2) is 4.39 Å². The maximum Gasteiger partial charge on any atom is 0.228 e. The monoisotopic (exact) mass is 391 g/mol. The van der Waals surface area contributed by atoms with Gasteiger partial charge in [-0.15, -0.1) is 0 Å². The van der Waals surface area contributed by atoms with E-state index in [1.807, 2.05) is 24.0 Å². The highest BCUT2D eigenvalue weighted by Crippen LogP contribution is 2.27. The maximum absolute atomic E-state index is 13.4. The van der Waals surface area contributed by atoms with Crippen molar-refractivity contribution in [3.05, 3.63) is 71.4 Å². The van der Waals surface area contributed by atoms with Gasteiger partial charge in [0.15, 0.2) is 0 Å². The van der Waals surface area contributed by atoms with Crippen LogP contribution in [0.1, 0.15) is 29.3 Å². The molecule has 4 rings (SSSR count). The second-order valence-electron chi connectivity index (χ2n) is 7.34. The molecule has 0 bridgehead atoms. The molecule has 1 saturated heterocycles. The number of aromatic nitrogens is 3. The molecule has 1 fully saturated rings. The molecule has 7 heteroatoms. The van der Waals surface area contributed by atoms with E-state index in [1.165, 1.54) is 12.1 Å². The van der Waals surface area contributed by atoms with Gasteiger partial charge in [-0.05, 0) is 61.4 Å². The third kappa shape index (κ3) is 4.08. The van der Waals surface area contributed by atoms with Gasteiger partial charge in [-0.2, -0.15) is 10.2 Å². The van der Waals surface area contributed by atoms with Crippen molar-refractivity contribution < 1.29 is 9.18 Å². The lowest BCUT2D eigenvalue weighted by atomic mass is 10.0. The number of halogens is 1. The maximum atomic E-state index is 13.4. The zero-order chi connectivity index (χ0) is 20.4. The zero-order valence-corrected chi connectivity index (χ0v) is 16.2. The van der Waals surface area contributed by atoms with Crippen LogP contribution in [0.4, 0.5) is 10.1 Å². The third-order valence-corrected chi connectivity index (χ3v) is 5.34. The van der Waals surface area contributed by atoms with Crippen molar-refractivity contribution in [3.8, 4) is 11.3 Å². The van der Waals surface area contributed by atoms with Crippen molar-refractivity contribution in [2.24, 2.45) is 0 Å². The number of nitrogens with two attached hydrogens (primary N) is 1. The number of pyridine rings is 1. The van der Waals surface area contributed by atoms with Gasteiger partial charge in [0.2, 0.25) is 5.91 Å². The minimum Gasteiger partial charge on any atom is -0.397 e. The average molecular weight is 391 g/mol. The molecule has 1 unspecified atom stereocenters. The van der Waals surface area contributed by atoms with E-state index in [0.717, 1.165) is 23.2 Å². The van der Waals surface area contributed by atoms with Crippen molar-refractivity contribution in [1.29, 1.82) is 0 Å². The number of hydrogen-bond acceptors (Lipinski definition) is 5. The lowest BCUT2D eigenvalue weighted by Gasteiger charge is -2.17. The first-order chi connectivity index (χ1) is 14.0. The smallest absolute Gasteiger partial charge is 0.228 e. The Kier molecular flexibility index (Phi) is 5.20. The highest BCUT2D eigenvalue weighted by Gasteiger charge is 2.28. The molecule has 6 nitrogen and oxygen atoms in total. The molecule has 3 aromatic rings. The molecule has 0 spiro atoms. The van der Waals surface area contributed by atoms with Crippen LogP contribution in [0.5, 0.6) is 0 Å². The van der Waals surface area contributed by atoms with Crippen LogP contribution in [-0.2, 0) is 11.2 Å². The predicted molar refractivity (Wildman–Crippen MR) is 108 cm³/mol. The van der Waals surface area contributed by atoms with Gasteiger partial charge in [0.05, 0.1) is 29.2 Å². The first kappa shape index (κ1) is 19.0. The van der Waals surface area contributed by atoms with Crippen LogP contribution >= 0.6 is 0 Å². The van der Waals surface area contributed by atoms with Gasteiger partial charge < -0.3 is 10.6 Å². The van der Waals surface area contributed by atoms with E-state index in [1.54, 1.807) is 24.4 Å². The van der Waals surface area contributed by atoms with E-state index in [0.29, 0.717) is 30.2 Å². The fourth-order valence-corrected chi connectivity index (χ4v) is 3.73. The summed E-state index contributed by atoms with van der Waals surface area (Å²) in [6.07, 6.45) is 2.64. The molecule has 0 radical (unpaired) electrons. The summed E-state index contributed by atoms with van der Waals surface area (Å²) in [6, 6.07) is 11.9. The first-order valence-electron chi connectivity index (χ1n) is 9.58. The Balaban J connectivity index is 1.50. The molecule has 1 aliphatic rings. The third-order valence-electron chi connectivity index (χ3n) is 5.34. The van der Waals surface area contributed by atoms with Gasteiger partial charge >= 0.3 is 0 Å². The van der Waals surface area contributed by atoms with Crippen molar-refractivity contribution in [3.63, 3.8) is 0 Å². The van der Waals surface area contributed by atoms with E-state index in [-0.39, 0.29) is 24.1 Å². The molecule has 1 aliphatic heterocycles. The number of nitrogens with zero attached hydrogens (tertiary/aromatic N) is 4. The molecule has 0 saturated carbocycles. The number of benzene rings is 1. The average Bonchev–Trinajstić information content (AvgIpc) is 3.21. The van der Waals surface area contributed by atoms with E-state index >= 15 is 0 Å². The number of carbonyl (C=O) groups excluding carboxylic acids is 1. The Hall–Kier alpha value is -3.35. The number of likely N-dealkylation sites (tertiary alicyclic amines) is 1. The largest absolute Gasteiger partial charge is 0.397 e. The second-order valence-corrected chi connectivity index (χ2v) is 7.34. The summed E-state index contributed by atoms with van der Waals surface area (Å²) in [4.78, 5) is 19.3. The molecule has 3 heterocycles. The Morgan fingerprint density at radius 1 is 1.28 bits per heavy atom. The Morgan fingerprint density at radius 2 is 2.14 bits per heavy atom. The molecule has 148 valence electrons. The summed E-state index contributed by atoms with van der Waals surface area (Å²) < 4.78 is 13.4. The molecule has 29 heavy (non-hydrogen) atoms. The first-order valence-corrected chi connectivity index (χ1v) is 9.58. The number of anilines is 1. The number of hydrogen-bond donors (Lipinski definition) is 1. The van der Waals surface area contributed by atoms with Crippen molar-refractivity contribution >= 4 is 11.6 Å². The summed E-state index contributed by atoms with van der Waals surface area (Å²) in [6.45, 7) is 3.13. The minimum absolute atomic E-state index is 0.0106. The summed E-state index contributed by atoms with van der Waals surface area (Å²) in [7, 11) is 0. The van der Waals surface area contributed by atoms with Crippen molar-refractivity contribution in [2.45, 2.75) is 25.7 Å². The lowest BCUT2D eigenvalue weighted by Crippen LogP contribution is -2.30. The molecule has 1 amide bonds. The molecular weight excluding hydrogens is 369 g/mol. The fourth-order valence-electron chi connectivity index (χ4n) is 3.73. The van der Waals surface area contributed by atoms with Crippen LogP contribution in [0.2, 0.25) is 0 Å². The van der Waals surface area contributed by atoms with Crippen LogP contribution in [0.25, 0.3) is 11.3 Å². The van der Waals surface area contributed by atoms with E-state index in [4.69, 9.17) is 5.73 Å². The number of amides is 1. The summed E-state index contributed by atoms with van der Waals surface area (Å²) in [5.41, 5.74) is 10.3. The van der Waals surface area contributed by atoms with E-state index < -0.39 is 0 Å².